The Morgan fingerprint density at radius 2 is 0.826 bits per heavy atom. The van der Waals surface area contributed by atoms with Gasteiger partial charge in [-0.2, -0.15) is 0 Å². The van der Waals surface area contributed by atoms with Gasteiger partial charge in [0.2, 0.25) is 0 Å². The van der Waals surface area contributed by atoms with Crippen LogP contribution in [0.25, 0.3) is 0 Å². The zero-order valence-electron chi connectivity index (χ0n) is 28.2. The van der Waals surface area contributed by atoms with Crippen molar-refractivity contribution < 1.29 is 9.47 Å². The van der Waals surface area contributed by atoms with Crippen molar-refractivity contribution in [3.05, 3.63) is 120 Å². The minimum absolute atomic E-state index is 0.222. The summed E-state index contributed by atoms with van der Waals surface area (Å²) in [5.41, 5.74) is 4.90. The predicted octanol–water partition coefficient (Wildman–Crippen LogP) is 11.4. The second kappa shape index (κ2) is 18.5. The van der Waals surface area contributed by atoms with Gasteiger partial charge in [-0.1, -0.05) is 114 Å². The van der Waals surface area contributed by atoms with Crippen LogP contribution in [0.2, 0.25) is 0 Å². The molecule has 0 bridgehead atoms. The van der Waals surface area contributed by atoms with E-state index in [0.717, 1.165) is 48.9 Å². The van der Waals surface area contributed by atoms with Crippen LogP contribution < -0.4 is 9.47 Å². The van der Waals surface area contributed by atoms with Crippen LogP contribution in [0.5, 0.6) is 11.5 Å². The average molecular weight is 619 g/mol. The van der Waals surface area contributed by atoms with Gasteiger partial charge >= 0.3 is 0 Å². The highest BCUT2D eigenvalue weighted by atomic mass is 16.5. The summed E-state index contributed by atoms with van der Waals surface area (Å²) in [7, 11) is 0. The lowest BCUT2D eigenvalue weighted by atomic mass is 9.50. The summed E-state index contributed by atoms with van der Waals surface area (Å²) in [6.07, 6.45) is 19.1. The lowest BCUT2D eigenvalue weighted by molar-refractivity contribution is 0.219. The summed E-state index contributed by atoms with van der Waals surface area (Å²) in [6.45, 7) is 6.09. The van der Waals surface area contributed by atoms with Crippen molar-refractivity contribution in [1.29, 1.82) is 0 Å². The third-order valence-corrected chi connectivity index (χ3v) is 9.67. The van der Waals surface area contributed by atoms with E-state index in [4.69, 9.17) is 19.4 Å². The van der Waals surface area contributed by atoms with Crippen LogP contribution in [0.3, 0.4) is 0 Å². The molecule has 1 aliphatic carbocycles. The van der Waals surface area contributed by atoms with Gasteiger partial charge in [-0.25, -0.2) is 0 Å². The number of hydrogen-bond acceptors (Lipinski definition) is 4. The number of hydrogen-bond donors (Lipinski definition) is 0. The zero-order valence-corrected chi connectivity index (χ0v) is 28.2. The van der Waals surface area contributed by atoms with Gasteiger partial charge in [0.25, 0.3) is 0 Å². The van der Waals surface area contributed by atoms with Crippen molar-refractivity contribution >= 4 is 0 Å². The predicted molar refractivity (Wildman–Crippen MR) is 190 cm³/mol. The van der Waals surface area contributed by atoms with Crippen LogP contribution in [0.15, 0.2) is 97.3 Å². The van der Waals surface area contributed by atoms with Crippen LogP contribution in [-0.2, 0) is 0 Å². The molecular formula is C42H54N2O2. The highest BCUT2D eigenvalue weighted by Gasteiger charge is 2.54. The molecule has 244 valence electrons. The molecule has 1 saturated carbocycles. The van der Waals surface area contributed by atoms with Crippen LogP contribution in [0, 0.1) is 0 Å². The van der Waals surface area contributed by atoms with Gasteiger partial charge in [0, 0.05) is 47.5 Å². The van der Waals surface area contributed by atoms with E-state index in [1.807, 2.05) is 24.5 Å². The summed E-state index contributed by atoms with van der Waals surface area (Å²) in [5, 5.41) is 0. The van der Waals surface area contributed by atoms with E-state index in [-0.39, 0.29) is 23.7 Å². The molecule has 46 heavy (non-hydrogen) atoms. The average Bonchev–Trinajstić information content (AvgIpc) is 3.09. The molecule has 1 fully saturated rings. The number of benzene rings is 2. The molecule has 0 radical (unpaired) electrons. The molecule has 2 heterocycles. The Balaban J connectivity index is 1.32. The van der Waals surface area contributed by atoms with Crippen LogP contribution in [0.4, 0.5) is 0 Å². The maximum atomic E-state index is 6.15. The molecule has 4 atom stereocenters. The van der Waals surface area contributed by atoms with E-state index in [2.05, 4.69) is 86.6 Å². The third-order valence-electron chi connectivity index (χ3n) is 9.67. The second-order valence-electron chi connectivity index (χ2n) is 13.0. The molecule has 0 saturated heterocycles. The highest BCUT2D eigenvalue weighted by Crippen LogP contribution is 2.65. The number of nitrogens with zero attached hydrogens (tertiary/aromatic N) is 2. The second-order valence-corrected chi connectivity index (χ2v) is 13.0. The molecule has 4 nitrogen and oxygen atoms in total. The number of unbranched alkanes of at least 4 members (excludes halogenated alkanes) is 10. The Morgan fingerprint density at radius 1 is 0.435 bits per heavy atom. The molecule has 0 amide bonds. The number of ether oxygens (including phenoxy) is 2. The van der Waals surface area contributed by atoms with Crippen LogP contribution in [-0.4, -0.2) is 23.2 Å². The minimum Gasteiger partial charge on any atom is -0.494 e. The Hall–Kier alpha value is -3.66. The largest absolute Gasteiger partial charge is 0.494 e. The maximum absolute atomic E-state index is 6.15. The summed E-state index contributed by atoms with van der Waals surface area (Å²) in [5.74, 6) is 2.89. The van der Waals surface area contributed by atoms with Crippen LogP contribution >= 0.6 is 0 Å². The van der Waals surface area contributed by atoms with E-state index in [1.54, 1.807) is 0 Å². The van der Waals surface area contributed by atoms with Gasteiger partial charge in [-0.15, -0.1) is 0 Å². The SMILES string of the molecule is CCCCCCCCOc1ccc([C@H]2[C@H](c3ccc(OCCCCCCCC)cc3)[C@@H](c3ccccn3)[C@@H]2c2ccccn2)cc1. The van der Waals surface area contributed by atoms with Gasteiger partial charge in [-0.05, 0) is 72.5 Å². The van der Waals surface area contributed by atoms with Gasteiger partial charge in [-0.3, -0.25) is 9.97 Å². The fourth-order valence-electron chi connectivity index (χ4n) is 7.18. The molecule has 1 aliphatic rings. The number of rotatable bonds is 20. The third kappa shape index (κ3) is 9.21. The Bertz CT molecular complexity index is 1270. The first-order valence-electron chi connectivity index (χ1n) is 18.1. The minimum atomic E-state index is 0.222. The van der Waals surface area contributed by atoms with Crippen molar-refractivity contribution in [1.82, 2.24) is 9.97 Å². The van der Waals surface area contributed by atoms with E-state index < -0.39 is 0 Å². The number of pyridine rings is 2. The van der Waals surface area contributed by atoms with Crippen molar-refractivity contribution in [2.45, 2.75) is 115 Å². The van der Waals surface area contributed by atoms with Crippen molar-refractivity contribution in [2.24, 2.45) is 0 Å². The van der Waals surface area contributed by atoms with Crippen LogP contribution in [0.1, 0.15) is 137 Å². The van der Waals surface area contributed by atoms with Crippen molar-refractivity contribution in [3.63, 3.8) is 0 Å². The van der Waals surface area contributed by atoms with Gasteiger partial charge < -0.3 is 9.47 Å². The van der Waals surface area contributed by atoms with E-state index in [0.29, 0.717) is 0 Å². The first kappa shape index (κ1) is 33.7. The molecule has 2 aromatic carbocycles. The fraction of sp³-hybridized carbons (Fsp3) is 0.476. The molecule has 0 aliphatic heterocycles. The molecule has 0 unspecified atom stereocenters. The maximum Gasteiger partial charge on any atom is 0.119 e. The molecule has 0 N–H and O–H groups in total. The van der Waals surface area contributed by atoms with Gasteiger partial charge in [0.05, 0.1) is 13.2 Å². The first-order valence-corrected chi connectivity index (χ1v) is 18.1. The van der Waals surface area contributed by atoms with E-state index in [9.17, 15) is 0 Å². The van der Waals surface area contributed by atoms with E-state index >= 15 is 0 Å². The zero-order chi connectivity index (χ0) is 31.8. The van der Waals surface area contributed by atoms with Crippen molar-refractivity contribution in [3.8, 4) is 11.5 Å². The summed E-state index contributed by atoms with van der Waals surface area (Å²) >= 11 is 0. The van der Waals surface area contributed by atoms with E-state index in [1.165, 1.54) is 75.3 Å². The standard InChI is InChI=1S/C42H54N2O2/c1-3-5-7-9-11-17-31-45-35-25-21-33(22-26-35)39-40(34-23-27-36(28-24-34)46-32-18-12-10-8-6-4-2)42(38-20-14-16-30-44-38)41(39)37-19-13-15-29-43-37/h13-16,19-30,39-42H,3-12,17-18,31-32H2,1-2H3/t39-,40-,41+,42+/m0/s1. The topological polar surface area (TPSA) is 44.2 Å². The summed E-state index contributed by atoms with van der Waals surface area (Å²) in [4.78, 5) is 9.76. The van der Waals surface area contributed by atoms with Gasteiger partial charge in [0.15, 0.2) is 0 Å². The molecule has 4 aromatic rings. The Labute approximate surface area is 278 Å². The quantitative estimate of drug-likeness (QED) is 0.0924. The molecule has 0 spiro atoms. The Kier molecular flexibility index (Phi) is 13.5. The highest BCUT2D eigenvalue weighted by molar-refractivity contribution is 5.47. The summed E-state index contributed by atoms with van der Waals surface area (Å²) in [6, 6.07) is 30.3. The fourth-order valence-corrected chi connectivity index (χ4v) is 7.18. The first-order chi connectivity index (χ1) is 22.8. The molecule has 5 rings (SSSR count). The lowest BCUT2D eigenvalue weighted by Crippen LogP contribution is -2.40. The molecule has 2 aromatic heterocycles. The molecular weight excluding hydrogens is 564 g/mol. The lowest BCUT2D eigenvalue weighted by Gasteiger charge is -2.52. The van der Waals surface area contributed by atoms with Crippen molar-refractivity contribution in [2.75, 3.05) is 13.2 Å². The van der Waals surface area contributed by atoms with Gasteiger partial charge in [0.1, 0.15) is 11.5 Å². The number of aromatic nitrogens is 2. The molecule has 4 heteroatoms. The Morgan fingerprint density at radius 3 is 1.20 bits per heavy atom. The normalized spacial score (nSPS) is 19.0. The summed E-state index contributed by atoms with van der Waals surface area (Å²) < 4.78 is 12.3. The smallest absolute Gasteiger partial charge is 0.119 e. The monoisotopic (exact) mass is 618 g/mol.